The number of aliphatic hydroxyl groups is 2. The molecule has 0 fully saturated rings. The van der Waals surface area contributed by atoms with Crippen molar-refractivity contribution in [2.75, 3.05) is 14.2 Å². The van der Waals surface area contributed by atoms with Gasteiger partial charge < -0.3 is 10.2 Å². The van der Waals surface area contributed by atoms with Crippen LogP contribution in [0.3, 0.4) is 0 Å². The van der Waals surface area contributed by atoms with Gasteiger partial charge in [0.05, 0.1) is 0 Å². The summed E-state index contributed by atoms with van der Waals surface area (Å²) < 4.78 is 0. The van der Waals surface area contributed by atoms with Crippen LogP contribution in [0.25, 0.3) is 0 Å². The second kappa shape index (κ2) is 108. The van der Waals surface area contributed by atoms with Crippen LogP contribution in [0.15, 0.2) is 0 Å². The number of rotatable bonds is 0. The third kappa shape index (κ3) is 58.5. The Hall–Kier alpha value is 0.803. The van der Waals surface area contributed by atoms with Crippen molar-refractivity contribution in [1.29, 1.82) is 0 Å². The van der Waals surface area contributed by atoms with Crippen LogP contribution in [-0.2, 0) is 26.2 Å². The van der Waals surface area contributed by atoms with Crippen molar-refractivity contribution in [2.45, 2.75) is 0 Å². The fourth-order valence-corrected chi connectivity index (χ4v) is 0. The average molecular weight is 155 g/mol. The summed E-state index contributed by atoms with van der Waals surface area (Å²) in [6, 6.07) is 0. The van der Waals surface area contributed by atoms with Gasteiger partial charge in [-0.15, -0.1) is 0 Å². The second-order valence-electron chi connectivity index (χ2n) is 0. The van der Waals surface area contributed by atoms with Crippen LogP contribution in [0.2, 0.25) is 0 Å². The molecule has 0 saturated carbocycles. The Balaban J connectivity index is -0.0000000133. The Kier molecular flexibility index (Phi) is 367. The third-order valence-electron chi connectivity index (χ3n) is 0. The molecule has 0 aliphatic rings. The molecule has 0 bridgehead atoms. The first-order valence-electron chi connectivity index (χ1n) is 0.894. The zero-order valence-electron chi connectivity index (χ0n) is 3.39. The van der Waals surface area contributed by atoms with Crippen LogP contribution in [-0.4, -0.2) is 24.4 Å². The topological polar surface area (TPSA) is 40.5 Å². The summed E-state index contributed by atoms with van der Waals surface area (Å²) in [5, 5.41) is 14.0. The minimum Gasteiger partial charge on any atom is -0.400 e. The molecule has 0 heterocycles. The first-order valence-corrected chi connectivity index (χ1v) is 0.894. The summed E-state index contributed by atoms with van der Waals surface area (Å²) >= 11 is 0. The summed E-state index contributed by atoms with van der Waals surface area (Å²) in [5.41, 5.74) is 0. The minimum absolute atomic E-state index is 0. The average Bonchev–Trinajstić information content (AvgIpc) is 1.50. The van der Waals surface area contributed by atoms with Crippen molar-refractivity contribution in [1.82, 2.24) is 0 Å². The molecule has 0 aromatic heterocycles. The molecule has 2 nitrogen and oxygen atoms in total. The first-order chi connectivity index (χ1) is 2.00. The molecule has 0 atom stereocenters. The van der Waals surface area contributed by atoms with Gasteiger partial charge in [-0.25, -0.2) is 0 Å². The Labute approximate surface area is 50.9 Å². The molecule has 0 aliphatic heterocycles. The van der Waals surface area contributed by atoms with E-state index in [2.05, 4.69) is 0 Å². The Morgan fingerprint density at radius 3 is 0.800 bits per heavy atom. The summed E-state index contributed by atoms with van der Waals surface area (Å²) in [6.07, 6.45) is 0. The van der Waals surface area contributed by atoms with E-state index >= 15 is 0 Å². The molecular formula is C2H8O2Zr. The van der Waals surface area contributed by atoms with E-state index in [4.69, 9.17) is 10.2 Å². The van der Waals surface area contributed by atoms with Crippen molar-refractivity contribution in [3.05, 3.63) is 0 Å². The Morgan fingerprint density at radius 2 is 0.800 bits per heavy atom. The standard InChI is InChI=1S/2CH4O.Zr/c2*1-2;/h2*2H,1H3;. The molecule has 0 spiro atoms. The Morgan fingerprint density at radius 1 is 0.800 bits per heavy atom. The van der Waals surface area contributed by atoms with Gasteiger partial charge >= 0.3 is 0 Å². The van der Waals surface area contributed by atoms with E-state index in [1.807, 2.05) is 0 Å². The molecule has 5 heavy (non-hydrogen) atoms. The number of hydrogen-bond acceptors (Lipinski definition) is 2. The first kappa shape index (κ1) is 17.0. The van der Waals surface area contributed by atoms with E-state index in [1.54, 1.807) is 0 Å². The Bertz CT molecular complexity index is 7.61. The molecule has 0 radical (unpaired) electrons. The molecule has 0 aliphatic carbocycles. The molecule has 2 N–H and O–H groups in total. The maximum Gasteiger partial charge on any atom is 0.0319 e. The monoisotopic (exact) mass is 154 g/mol. The van der Waals surface area contributed by atoms with Crippen LogP contribution in [0.5, 0.6) is 0 Å². The predicted molar refractivity (Wildman–Crippen MR) is 16.3 cm³/mol. The van der Waals surface area contributed by atoms with E-state index < -0.39 is 0 Å². The van der Waals surface area contributed by atoms with Gasteiger partial charge in [-0.05, 0) is 0 Å². The van der Waals surface area contributed by atoms with E-state index in [0.717, 1.165) is 14.2 Å². The SMILES string of the molecule is CO.CO.[Zr]. The smallest absolute Gasteiger partial charge is 0.0319 e. The van der Waals surface area contributed by atoms with Crippen molar-refractivity contribution < 1.29 is 36.4 Å². The van der Waals surface area contributed by atoms with Crippen LogP contribution >= 0.6 is 0 Å². The van der Waals surface area contributed by atoms with E-state index in [9.17, 15) is 0 Å². The summed E-state index contributed by atoms with van der Waals surface area (Å²) in [6.45, 7) is 0. The molecule has 32 valence electrons. The van der Waals surface area contributed by atoms with Gasteiger partial charge in [0.1, 0.15) is 0 Å². The van der Waals surface area contributed by atoms with Crippen molar-refractivity contribution in [2.24, 2.45) is 0 Å². The number of hydrogen-bond donors (Lipinski definition) is 2. The van der Waals surface area contributed by atoms with Gasteiger partial charge in [0.25, 0.3) is 0 Å². The van der Waals surface area contributed by atoms with Crippen LogP contribution in [0.4, 0.5) is 0 Å². The molecule has 0 aromatic rings. The molecule has 0 rings (SSSR count). The molecule has 3 heteroatoms. The fraction of sp³-hybridized carbons (Fsp3) is 1.00. The van der Waals surface area contributed by atoms with Gasteiger partial charge in [0.2, 0.25) is 0 Å². The van der Waals surface area contributed by atoms with Crippen molar-refractivity contribution >= 4 is 0 Å². The molecule has 0 unspecified atom stereocenters. The van der Waals surface area contributed by atoms with E-state index in [1.165, 1.54) is 0 Å². The largest absolute Gasteiger partial charge is 0.400 e. The van der Waals surface area contributed by atoms with Crippen LogP contribution < -0.4 is 0 Å². The van der Waals surface area contributed by atoms with Crippen molar-refractivity contribution in [3.63, 3.8) is 0 Å². The van der Waals surface area contributed by atoms with Crippen LogP contribution in [0, 0.1) is 0 Å². The molecule has 0 aromatic carbocycles. The third-order valence-corrected chi connectivity index (χ3v) is 0. The maximum absolute atomic E-state index is 7.00. The summed E-state index contributed by atoms with van der Waals surface area (Å²) in [5.74, 6) is 0. The van der Waals surface area contributed by atoms with E-state index in [0.29, 0.717) is 0 Å². The van der Waals surface area contributed by atoms with Gasteiger partial charge in [0.15, 0.2) is 0 Å². The van der Waals surface area contributed by atoms with Gasteiger partial charge in [-0.2, -0.15) is 0 Å². The molecule has 0 saturated heterocycles. The zero-order valence-corrected chi connectivity index (χ0v) is 5.85. The van der Waals surface area contributed by atoms with Crippen LogP contribution in [0.1, 0.15) is 0 Å². The van der Waals surface area contributed by atoms with Gasteiger partial charge in [-0.1, -0.05) is 0 Å². The van der Waals surface area contributed by atoms with Gasteiger partial charge in [-0.3, -0.25) is 0 Å². The summed E-state index contributed by atoms with van der Waals surface area (Å²) in [7, 11) is 2.00. The van der Waals surface area contributed by atoms with Crippen molar-refractivity contribution in [3.8, 4) is 0 Å². The summed E-state index contributed by atoms with van der Waals surface area (Å²) in [4.78, 5) is 0. The predicted octanol–water partition coefficient (Wildman–Crippen LogP) is -0.786. The molecule has 0 amide bonds. The maximum atomic E-state index is 7.00. The molecular weight excluding hydrogens is 147 g/mol. The fourth-order valence-electron chi connectivity index (χ4n) is 0. The number of aliphatic hydroxyl groups excluding tert-OH is 2. The minimum atomic E-state index is 0. The van der Waals surface area contributed by atoms with Gasteiger partial charge in [0, 0.05) is 40.4 Å². The normalized spacial score (nSPS) is 2.40. The second-order valence-corrected chi connectivity index (χ2v) is 0. The zero-order chi connectivity index (χ0) is 4.00. The quantitative estimate of drug-likeness (QED) is 0.481. The van der Waals surface area contributed by atoms with E-state index in [-0.39, 0.29) is 26.2 Å².